The Hall–Kier alpha value is -2.10. The SMILES string of the molecule is CC[C@@H](c1ccc(O)c(F)c1)[C@@H](C)c1ccc(O)c(F)c1. The molecular formula is C17H18F2O2. The lowest BCUT2D eigenvalue weighted by Gasteiger charge is -2.24. The van der Waals surface area contributed by atoms with Crippen LogP contribution in [-0.2, 0) is 0 Å². The Labute approximate surface area is 122 Å². The van der Waals surface area contributed by atoms with Gasteiger partial charge in [0.25, 0.3) is 0 Å². The summed E-state index contributed by atoms with van der Waals surface area (Å²) in [5.74, 6) is -2.13. The van der Waals surface area contributed by atoms with Crippen LogP contribution in [0.5, 0.6) is 11.5 Å². The minimum atomic E-state index is -0.661. The molecule has 2 N–H and O–H groups in total. The van der Waals surface area contributed by atoms with Gasteiger partial charge >= 0.3 is 0 Å². The molecule has 0 fully saturated rings. The fourth-order valence-corrected chi connectivity index (χ4v) is 2.67. The first-order chi connectivity index (χ1) is 9.93. The van der Waals surface area contributed by atoms with Crippen LogP contribution in [0.4, 0.5) is 8.78 Å². The lowest BCUT2D eigenvalue weighted by atomic mass is 9.81. The molecule has 0 unspecified atom stereocenters. The Morgan fingerprint density at radius 2 is 1.38 bits per heavy atom. The summed E-state index contributed by atoms with van der Waals surface area (Å²) in [6, 6.07) is 8.63. The zero-order chi connectivity index (χ0) is 15.6. The molecule has 0 radical (unpaired) electrons. The van der Waals surface area contributed by atoms with E-state index in [0.29, 0.717) is 0 Å². The number of phenols is 2. The van der Waals surface area contributed by atoms with Gasteiger partial charge in [-0.1, -0.05) is 26.0 Å². The van der Waals surface area contributed by atoms with E-state index >= 15 is 0 Å². The van der Waals surface area contributed by atoms with Gasteiger partial charge in [0.2, 0.25) is 0 Å². The molecule has 2 rings (SSSR count). The second kappa shape index (κ2) is 6.12. The van der Waals surface area contributed by atoms with E-state index in [4.69, 9.17) is 0 Å². The second-order valence-electron chi connectivity index (χ2n) is 5.23. The Bertz CT molecular complexity index is 641. The number of rotatable bonds is 4. The first kappa shape index (κ1) is 15.3. The summed E-state index contributed by atoms with van der Waals surface area (Å²) in [7, 11) is 0. The van der Waals surface area contributed by atoms with Gasteiger partial charge in [-0.2, -0.15) is 0 Å². The molecule has 2 aromatic rings. The zero-order valence-electron chi connectivity index (χ0n) is 12.0. The average molecular weight is 292 g/mol. The number of halogens is 2. The summed E-state index contributed by atoms with van der Waals surface area (Å²) in [4.78, 5) is 0. The number of aromatic hydroxyl groups is 2. The van der Waals surface area contributed by atoms with Crippen molar-refractivity contribution in [2.45, 2.75) is 32.1 Å². The minimum Gasteiger partial charge on any atom is -0.505 e. The van der Waals surface area contributed by atoms with Crippen LogP contribution in [0.25, 0.3) is 0 Å². The maximum absolute atomic E-state index is 13.5. The van der Waals surface area contributed by atoms with Crippen molar-refractivity contribution < 1.29 is 19.0 Å². The minimum absolute atomic E-state index is 0.0101. The fraction of sp³-hybridized carbons (Fsp3) is 0.294. The van der Waals surface area contributed by atoms with Gasteiger partial charge in [0, 0.05) is 0 Å². The van der Waals surface area contributed by atoms with Crippen molar-refractivity contribution in [3.8, 4) is 11.5 Å². The first-order valence-electron chi connectivity index (χ1n) is 6.90. The van der Waals surface area contributed by atoms with Crippen LogP contribution >= 0.6 is 0 Å². The molecular weight excluding hydrogens is 274 g/mol. The van der Waals surface area contributed by atoms with Crippen molar-refractivity contribution in [1.29, 1.82) is 0 Å². The fourth-order valence-electron chi connectivity index (χ4n) is 2.67. The summed E-state index contributed by atoms with van der Waals surface area (Å²) in [5.41, 5.74) is 1.50. The third-order valence-corrected chi connectivity index (χ3v) is 3.94. The largest absolute Gasteiger partial charge is 0.505 e. The standard InChI is InChI=1S/C17H18F2O2/c1-3-13(12-5-7-17(21)15(19)9-12)10(2)11-4-6-16(20)14(18)8-11/h4-10,13,20-21H,3H2,1-2H3/t10-,13+/m0/s1. The van der Waals surface area contributed by atoms with Crippen molar-refractivity contribution in [2.24, 2.45) is 0 Å². The molecule has 21 heavy (non-hydrogen) atoms. The van der Waals surface area contributed by atoms with Crippen LogP contribution in [0.3, 0.4) is 0 Å². The van der Waals surface area contributed by atoms with Crippen molar-refractivity contribution in [1.82, 2.24) is 0 Å². The number of hydrogen-bond donors (Lipinski definition) is 2. The average Bonchev–Trinajstić information content (AvgIpc) is 2.46. The van der Waals surface area contributed by atoms with Crippen LogP contribution in [0, 0.1) is 11.6 Å². The molecule has 0 bridgehead atoms. The lowest BCUT2D eigenvalue weighted by Crippen LogP contribution is -2.08. The van der Waals surface area contributed by atoms with Gasteiger partial charge in [-0.3, -0.25) is 0 Å². The summed E-state index contributed by atoms with van der Waals surface area (Å²) in [5, 5.41) is 18.5. The van der Waals surface area contributed by atoms with Gasteiger partial charge in [-0.05, 0) is 53.6 Å². The lowest BCUT2D eigenvalue weighted by molar-refractivity contribution is 0.428. The normalized spacial score (nSPS) is 13.9. The van der Waals surface area contributed by atoms with Crippen LogP contribution in [-0.4, -0.2) is 10.2 Å². The van der Waals surface area contributed by atoms with E-state index in [0.717, 1.165) is 17.5 Å². The summed E-state index contributed by atoms with van der Waals surface area (Å²) >= 11 is 0. The van der Waals surface area contributed by atoms with Crippen LogP contribution in [0.2, 0.25) is 0 Å². The quantitative estimate of drug-likeness (QED) is 0.859. The predicted molar refractivity (Wildman–Crippen MR) is 77.6 cm³/mol. The van der Waals surface area contributed by atoms with E-state index in [-0.39, 0.29) is 23.3 Å². The second-order valence-corrected chi connectivity index (χ2v) is 5.23. The maximum Gasteiger partial charge on any atom is 0.165 e. The molecule has 0 aliphatic heterocycles. The molecule has 0 aromatic heterocycles. The van der Waals surface area contributed by atoms with Gasteiger partial charge in [-0.15, -0.1) is 0 Å². The number of phenolic OH excluding ortho intramolecular Hbond substituents is 2. The van der Waals surface area contributed by atoms with Gasteiger partial charge in [0.15, 0.2) is 23.1 Å². The number of benzene rings is 2. The van der Waals surface area contributed by atoms with Crippen molar-refractivity contribution >= 4 is 0 Å². The predicted octanol–water partition coefficient (Wildman–Crippen LogP) is 4.67. The maximum atomic E-state index is 13.5. The molecule has 0 heterocycles. The molecule has 4 heteroatoms. The molecule has 0 saturated carbocycles. The van der Waals surface area contributed by atoms with Gasteiger partial charge in [-0.25, -0.2) is 8.78 Å². The molecule has 2 aromatic carbocycles. The summed E-state index contributed by atoms with van der Waals surface area (Å²) in [6.45, 7) is 3.91. The molecule has 2 nitrogen and oxygen atoms in total. The highest BCUT2D eigenvalue weighted by atomic mass is 19.1. The zero-order valence-corrected chi connectivity index (χ0v) is 12.0. The molecule has 0 aliphatic carbocycles. The van der Waals surface area contributed by atoms with Gasteiger partial charge < -0.3 is 10.2 Å². The Morgan fingerprint density at radius 1 is 0.905 bits per heavy atom. The third-order valence-electron chi connectivity index (χ3n) is 3.94. The Kier molecular flexibility index (Phi) is 4.46. The topological polar surface area (TPSA) is 40.5 Å². The van der Waals surface area contributed by atoms with E-state index in [1.54, 1.807) is 12.1 Å². The van der Waals surface area contributed by atoms with E-state index in [2.05, 4.69) is 0 Å². The van der Waals surface area contributed by atoms with E-state index in [1.165, 1.54) is 24.3 Å². The monoisotopic (exact) mass is 292 g/mol. The van der Waals surface area contributed by atoms with E-state index < -0.39 is 11.6 Å². The highest BCUT2D eigenvalue weighted by Gasteiger charge is 2.21. The first-order valence-corrected chi connectivity index (χ1v) is 6.90. The molecule has 0 spiro atoms. The highest BCUT2D eigenvalue weighted by molar-refractivity contribution is 5.35. The molecule has 0 saturated heterocycles. The van der Waals surface area contributed by atoms with Crippen LogP contribution in [0.1, 0.15) is 43.2 Å². The molecule has 2 atom stereocenters. The van der Waals surface area contributed by atoms with Crippen LogP contribution in [0.15, 0.2) is 36.4 Å². The highest BCUT2D eigenvalue weighted by Crippen LogP contribution is 2.37. The summed E-state index contributed by atoms with van der Waals surface area (Å²) < 4.78 is 27.0. The van der Waals surface area contributed by atoms with Gasteiger partial charge in [0.05, 0.1) is 0 Å². The van der Waals surface area contributed by atoms with Crippen molar-refractivity contribution in [3.63, 3.8) is 0 Å². The van der Waals surface area contributed by atoms with Crippen molar-refractivity contribution in [2.75, 3.05) is 0 Å². The van der Waals surface area contributed by atoms with Crippen molar-refractivity contribution in [3.05, 3.63) is 59.2 Å². The molecule has 0 aliphatic rings. The number of hydrogen-bond acceptors (Lipinski definition) is 2. The third kappa shape index (κ3) is 3.15. The van der Waals surface area contributed by atoms with Crippen LogP contribution < -0.4 is 0 Å². The van der Waals surface area contributed by atoms with E-state index in [1.807, 2.05) is 13.8 Å². The smallest absolute Gasteiger partial charge is 0.165 e. The molecule has 0 amide bonds. The van der Waals surface area contributed by atoms with Gasteiger partial charge in [0.1, 0.15) is 0 Å². The Balaban J connectivity index is 2.35. The summed E-state index contributed by atoms with van der Waals surface area (Å²) in [6.07, 6.45) is 0.744. The Morgan fingerprint density at radius 3 is 1.86 bits per heavy atom. The molecule has 112 valence electrons. The van der Waals surface area contributed by atoms with E-state index in [9.17, 15) is 19.0 Å².